The summed E-state index contributed by atoms with van der Waals surface area (Å²) in [5.41, 5.74) is 1.79. The summed E-state index contributed by atoms with van der Waals surface area (Å²) in [5.74, 6) is 0.281. The number of hydrogen-bond donors (Lipinski definition) is 1. The average Bonchev–Trinajstić information content (AvgIpc) is 2.37. The van der Waals surface area contributed by atoms with E-state index >= 15 is 0 Å². The summed E-state index contributed by atoms with van der Waals surface area (Å²) in [5, 5.41) is 9.29. The first kappa shape index (κ1) is 14.5. The van der Waals surface area contributed by atoms with Gasteiger partial charge in [0, 0.05) is 29.2 Å². The van der Waals surface area contributed by atoms with Gasteiger partial charge in [-0.3, -0.25) is 4.79 Å². The number of rotatable bonds is 2. The lowest BCUT2D eigenvalue weighted by atomic mass is 9.93. The Balaban J connectivity index is 2.21. The largest absolute Gasteiger partial charge is 0.396 e. The minimum absolute atomic E-state index is 0.0649. The van der Waals surface area contributed by atoms with E-state index in [-0.39, 0.29) is 24.5 Å². The number of benzene rings is 1. The molecule has 0 bridgehead atoms. The van der Waals surface area contributed by atoms with Gasteiger partial charge >= 0.3 is 0 Å². The molecule has 1 fully saturated rings. The molecule has 3 nitrogen and oxygen atoms in total. The molecule has 19 heavy (non-hydrogen) atoms. The van der Waals surface area contributed by atoms with Crippen molar-refractivity contribution in [2.24, 2.45) is 5.92 Å². The van der Waals surface area contributed by atoms with Gasteiger partial charge in [-0.1, -0.05) is 15.9 Å². The minimum atomic E-state index is 0.0649. The van der Waals surface area contributed by atoms with Crippen molar-refractivity contribution in [2.75, 3.05) is 13.2 Å². The number of halogens is 1. The zero-order chi connectivity index (χ0) is 14.0. The van der Waals surface area contributed by atoms with Crippen LogP contribution in [0.4, 0.5) is 0 Å². The molecule has 4 heteroatoms. The highest BCUT2D eigenvalue weighted by atomic mass is 79.9. The van der Waals surface area contributed by atoms with E-state index in [4.69, 9.17) is 0 Å². The SMILES string of the molecule is Cc1cc(Br)cc(C(=O)N2C[C@@H](CO)CC[C@@H]2C)c1. The predicted octanol–water partition coefficient (Wildman–Crippen LogP) is 2.99. The highest BCUT2D eigenvalue weighted by Gasteiger charge is 2.29. The fourth-order valence-electron chi connectivity index (χ4n) is 2.64. The zero-order valence-electron chi connectivity index (χ0n) is 11.4. The van der Waals surface area contributed by atoms with Crippen molar-refractivity contribution in [1.29, 1.82) is 0 Å². The molecular formula is C15H20BrNO2. The van der Waals surface area contributed by atoms with Crippen molar-refractivity contribution < 1.29 is 9.90 Å². The third-order valence-corrected chi connectivity index (χ3v) is 4.25. The molecule has 1 heterocycles. The molecule has 1 aromatic carbocycles. The Morgan fingerprint density at radius 2 is 2.16 bits per heavy atom. The number of hydrogen-bond acceptors (Lipinski definition) is 2. The number of nitrogens with zero attached hydrogens (tertiary/aromatic N) is 1. The van der Waals surface area contributed by atoms with Crippen molar-refractivity contribution >= 4 is 21.8 Å². The highest BCUT2D eigenvalue weighted by Crippen LogP contribution is 2.24. The topological polar surface area (TPSA) is 40.5 Å². The second-order valence-corrected chi connectivity index (χ2v) is 6.37. The van der Waals surface area contributed by atoms with E-state index in [1.54, 1.807) is 0 Å². The fraction of sp³-hybridized carbons (Fsp3) is 0.533. The van der Waals surface area contributed by atoms with Crippen molar-refractivity contribution in [2.45, 2.75) is 32.7 Å². The number of aryl methyl sites for hydroxylation is 1. The monoisotopic (exact) mass is 325 g/mol. The van der Waals surface area contributed by atoms with Gasteiger partial charge in [-0.05, 0) is 56.4 Å². The van der Waals surface area contributed by atoms with Gasteiger partial charge in [0.2, 0.25) is 0 Å². The molecular weight excluding hydrogens is 306 g/mol. The molecule has 1 saturated heterocycles. The van der Waals surface area contributed by atoms with Crippen LogP contribution in [-0.2, 0) is 0 Å². The molecule has 104 valence electrons. The molecule has 1 aliphatic rings. The van der Waals surface area contributed by atoms with Gasteiger partial charge in [-0.15, -0.1) is 0 Å². The summed E-state index contributed by atoms with van der Waals surface area (Å²) >= 11 is 3.44. The van der Waals surface area contributed by atoms with E-state index in [0.29, 0.717) is 6.54 Å². The van der Waals surface area contributed by atoms with Crippen LogP contribution >= 0.6 is 15.9 Å². The van der Waals surface area contributed by atoms with E-state index in [1.165, 1.54) is 0 Å². The van der Waals surface area contributed by atoms with Crippen LogP contribution in [0.25, 0.3) is 0 Å². The van der Waals surface area contributed by atoms with Crippen LogP contribution in [0.1, 0.15) is 35.7 Å². The molecule has 1 aliphatic heterocycles. The molecule has 0 aromatic heterocycles. The van der Waals surface area contributed by atoms with E-state index in [1.807, 2.05) is 30.0 Å². The summed E-state index contributed by atoms with van der Waals surface area (Å²) in [4.78, 5) is 14.5. The lowest BCUT2D eigenvalue weighted by Crippen LogP contribution is -2.46. The van der Waals surface area contributed by atoms with Crippen LogP contribution in [0.3, 0.4) is 0 Å². The number of likely N-dealkylation sites (tertiary alicyclic amines) is 1. The Bertz CT molecular complexity index is 455. The van der Waals surface area contributed by atoms with E-state index in [0.717, 1.165) is 28.4 Å². The number of aliphatic hydroxyl groups is 1. The van der Waals surface area contributed by atoms with Crippen LogP contribution in [-0.4, -0.2) is 35.1 Å². The quantitative estimate of drug-likeness (QED) is 0.908. The molecule has 0 spiro atoms. The second-order valence-electron chi connectivity index (χ2n) is 5.45. The normalized spacial score (nSPS) is 23.5. The Hall–Kier alpha value is -0.870. The van der Waals surface area contributed by atoms with Gasteiger partial charge < -0.3 is 10.0 Å². The molecule has 0 aliphatic carbocycles. The Kier molecular flexibility index (Phi) is 4.63. The first-order valence-electron chi connectivity index (χ1n) is 6.70. The number of aliphatic hydroxyl groups excluding tert-OH is 1. The molecule has 0 unspecified atom stereocenters. The molecule has 0 saturated carbocycles. The standard InChI is InChI=1S/C15H20BrNO2/c1-10-5-13(7-14(16)6-10)15(19)17-8-12(9-18)4-3-11(17)2/h5-7,11-12,18H,3-4,8-9H2,1-2H3/t11-,12-/m0/s1. The van der Waals surface area contributed by atoms with Crippen LogP contribution in [0.5, 0.6) is 0 Å². The second kappa shape index (κ2) is 6.06. The third-order valence-electron chi connectivity index (χ3n) is 3.79. The number of piperidine rings is 1. The maximum atomic E-state index is 12.6. The lowest BCUT2D eigenvalue weighted by Gasteiger charge is -2.37. The van der Waals surface area contributed by atoms with Gasteiger partial charge in [0.1, 0.15) is 0 Å². The summed E-state index contributed by atoms with van der Waals surface area (Å²) in [6, 6.07) is 6.02. The zero-order valence-corrected chi connectivity index (χ0v) is 13.0. The molecule has 0 radical (unpaired) electrons. The molecule has 1 amide bonds. The van der Waals surface area contributed by atoms with E-state index in [2.05, 4.69) is 22.9 Å². The van der Waals surface area contributed by atoms with Gasteiger partial charge in [0.15, 0.2) is 0 Å². The molecule has 1 N–H and O–H groups in total. The van der Waals surface area contributed by atoms with E-state index in [9.17, 15) is 9.90 Å². The first-order chi connectivity index (χ1) is 9.01. The molecule has 1 aromatic rings. The van der Waals surface area contributed by atoms with Crippen molar-refractivity contribution in [3.8, 4) is 0 Å². The van der Waals surface area contributed by atoms with Crippen molar-refractivity contribution in [3.63, 3.8) is 0 Å². The van der Waals surface area contributed by atoms with Gasteiger partial charge in [-0.2, -0.15) is 0 Å². The minimum Gasteiger partial charge on any atom is -0.396 e. The summed E-state index contributed by atoms with van der Waals surface area (Å²) < 4.78 is 0.930. The van der Waals surface area contributed by atoms with Crippen LogP contribution < -0.4 is 0 Å². The molecule has 2 atom stereocenters. The third kappa shape index (κ3) is 3.37. The number of amides is 1. The van der Waals surface area contributed by atoms with Crippen LogP contribution in [0.2, 0.25) is 0 Å². The summed E-state index contributed by atoms with van der Waals surface area (Å²) in [6.45, 7) is 4.88. The van der Waals surface area contributed by atoms with Crippen molar-refractivity contribution in [1.82, 2.24) is 4.90 Å². The van der Waals surface area contributed by atoms with E-state index < -0.39 is 0 Å². The number of carbonyl (C=O) groups excluding carboxylic acids is 1. The predicted molar refractivity (Wildman–Crippen MR) is 79.2 cm³/mol. The van der Waals surface area contributed by atoms with Gasteiger partial charge in [0.05, 0.1) is 0 Å². The average molecular weight is 326 g/mol. The molecule has 2 rings (SSSR count). The Labute approximate surface area is 122 Å². The maximum Gasteiger partial charge on any atom is 0.254 e. The Morgan fingerprint density at radius 1 is 1.42 bits per heavy atom. The van der Waals surface area contributed by atoms with Gasteiger partial charge in [-0.25, -0.2) is 0 Å². The number of carbonyl (C=O) groups is 1. The fourth-order valence-corrected chi connectivity index (χ4v) is 3.25. The highest BCUT2D eigenvalue weighted by molar-refractivity contribution is 9.10. The Morgan fingerprint density at radius 3 is 2.79 bits per heavy atom. The van der Waals surface area contributed by atoms with Crippen molar-refractivity contribution in [3.05, 3.63) is 33.8 Å². The first-order valence-corrected chi connectivity index (χ1v) is 7.49. The maximum absolute atomic E-state index is 12.6. The summed E-state index contributed by atoms with van der Waals surface area (Å²) in [7, 11) is 0. The lowest BCUT2D eigenvalue weighted by molar-refractivity contribution is 0.0489. The van der Waals surface area contributed by atoms with Gasteiger partial charge in [0.25, 0.3) is 5.91 Å². The van der Waals surface area contributed by atoms with Crippen LogP contribution in [0, 0.1) is 12.8 Å². The summed E-state index contributed by atoms with van der Waals surface area (Å²) in [6.07, 6.45) is 1.96. The smallest absolute Gasteiger partial charge is 0.254 e. The van der Waals surface area contributed by atoms with Crippen LogP contribution in [0.15, 0.2) is 22.7 Å².